The molecule has 2 aliphatic rings. The van der Waals surface area contributed by atoms with Gasteiger partial charge in [-0.05, 0) is 37.0 Å². The highest BCUT2D eigenvalue weighted by atomic mass is 35.5. The molecule has 1 aromatic carbocycles. The summed E-state index contributed by atoms with van der Waals surface area (Å²) in [4.78, 5) is 49.8. The van der Waals surface area contributed by atoms with Crippen LogP contribution >= 0.6 is 11.6 Å². The molecule has 3 rings (SSSR count). The molecule has 0 spiro atoms. The average molecular weight is 408 g/mol. The molecule has 8 nitrogen and oxygen atoms in total. The third-order valence-electron chi connectivity index (χ3n) is 4.98. The van der Waals surface area contributed by atoms with Gasteiger partial charge in [-0.25, -0.2) is 4.79 Å². The van der Waals surface area contributed by atoms with Crippen LogP contribution in [0.4, 0.5) is 10.5 Å². The predicted molar refractivity (Wildman–Crippen MR) is 102 cm³/mol. The molecule has 2 heterocycles. The highest BCUT2D eigenvalue weighted by Crippen LogP contribution is 2.29. The van der Waals surface area contributed by atoms with Gasteiger partial charge in [0.1, 0.15) is 12.9 Å². The van der Waals surface area contributed by atoms with E-state index in [1.807, 2.05) is 0 Å². The summed E-state index contributed by atoms with van der Waals surface area (Å²) >= 11 is 6.23. The minimum absolute atomic E-state index is 0.0996. The number of carbonyl (C=O) groups excluding carboxylic acids is 4. The van der Waals surface area contributed by atoms with E-state index >= 15 is 0 Å². The zero-order chi connectivity index (χ0) is 20.1. The Morgan fingerprint density at radius 3 is 2.68 bits per heavy atom. The average Bonchev–Trinajstić information content (AvgIpc) is 2.69. The Balaban J connectivity index is 1.66. The van der Waals surface area contributed by atoms with Crippen LogP contribution in [-0.4, -0.2) is 61.9 Å². The molecule has 2 fully saturated rings. The number of imide groups is 1. The fraction of sp³-hybridized carbons (Fsp3) is 0.474. The summed E-state index contributed by atoms with van der Waals surface area (Å²) in [5, 5.41) is 2.59. The van der Waals surface area contributed by atoms with Crippen LogP contribution in [0, 0.1) is 5.92 Å². The van der Waals surface area contributed by atoms with Crippen molar-refractivity contribution >= 4 is 41.4 Å². The number of nitrogens with one attached hydrogen (secondary N) is 1. The van der Waals surface area contributed by atoms with Crippen LogP contribution in [0.1, 0.15) is 29.6 Å². The second-order valence-corrected chi connectivity index (χ2v) is 7.27. The summed E-state index contributed by atoms with van der Waals surface area (Å²) < 4.78 is 5.26. The molecule has 2 saturated heterocycles. The van der Waals surface area contributed by atoms with Crippen molar-refractivity contribution in [2.45, 2.75) is 19.3 Å². The molecule has 0 aromatic heterocycles. The number of benzene rings is 1. The topological polar surface area (TPSA) is 96.0 Å². The van der Waals surface area contributed by atoms with Crippen LogP contribution in [0.15, 0.2) is 18.2 Å². The highest BCUT2D eigenvalue weighted by Gasteiger charge is 2.28. The molecule has 0 saturated carbocycles. The zero-order valence-electron chi connectivity index (χ0n) is 15.4. The van der Waals surface area contributed by atoms with Crippen LogP contribution in [0.2, 0.25) is 5.02 Å². The summed E-state index contributed by atoms with van der Waals surface area (Å²) in [6.07, 6.45) is 2.53. The third-order valence-corrected chi connectivity index (χ3v) is 5.30. The number of hydrogen-bond donors (Lipinski definition) is 1. The summed E-state index contributed by atoms with van der Waals surface area (Å²) in [5.74, 6) is -0.123. The summed E-state index contributed by atoms with van der Waals surface area (Å²) in [7, 11) is 0. The summed E-state index contributed by atoms with van der Waals surface area (Å²) in [6.45, 7) is 2.04. The quantitative estimate of drug-likeness (QED) is 0.573. The van der Waals surface area contributed by atoms with Crippen LogP contribution in [0.25, 0.3) is 0 Å². The van der Waals surface area contributed by atoms with Gasteiger partial charge in [-0.1, -0.05) is 11.6 Å². The van der Waals surface area contributed by atoms with Gasteiger partial charge in [0, 0.05) is 31.6 Å². The lowest BCUT2D eigenvalue weighted by Crippen LogP contribution is -2.49. The van der Waals surface area contributed by atoms with E-state index < -0.39 is 6.03 Å². The van der Waals surface area contributed by atoms with E-state index in [9.17, 15) is 19.2 Å². The van der Waals surface area contributed by atoms with Gasteiger partial charge < -0.3 is 14.4 Å². The maximum atomic E-state index is 12.9. The molecule has 1 N–H and O–H groups in total. The molecule has 0 aliphatic carbocycles. The highest BCUT2D eigenvalue weighted by molar-refractivity contribution is 6.34. The minimum atomic E-state index is -0.543. The largest absolute Gasteiger partial charge is 0.374 e. The van der Waals surface area contributed by atoms with Gasteiger partial charge >= 0.3 is 6.03 Å². The smallest absolute Gasteiger partial charge is 0.328 e. The second kappa shape index (κ2) is 9.16. The van der Waals surface area contributed by atoms with Gasteiger partial charge in [-0.3, -0.25) is 19.8 Å². The van der Waals surface area contributed by atoms with Crippen LogP contribution < -0.4 is 10.2 Å². The van der Waals surface area contributed by atoms with Gasteiger partial charge in [-0.15, -0.1) is 0 Å². The van der Waals surface area contributed by atoms with E-state index in [1.165, 1.54) is 4.90 Å². The third kappa shape index (κ3) is 4.69. The Kier molecular flexibility index (Phi) is 6.64. The number of nitrogens with zero attached hydrogens (tertiary/aromatic N) is 2. The molecule has 9 heteroatoms. The number of piperidine rings is 1. The Bertz CT molecular complexity index is 777. The van der Waals surface area contributed by atoms with Gasteiger partial charge in [0.2, 0.25) is 5.91 Å². The fourth-order valence-electron chi connectivity index (χ4n) is 3.41. The monoisotopic (exact) mass is 407 g/mol. The Hall–Kier alpha value is -2.45. The van der Waals surface area contributed by atoms with Crippen LogP contribution in [0.3, 0.4) is 0 Å². The summed E-state index contributed by atoms with van der Waals surface area (Å²) in [6, 6.07) is 4.28. The summed E-state index contributed by atoms with van der Waals surface area (Å²) in [5.41, 5.74) is 0.856. The molecule has 0 atom stereocenters. The molecule has 150 valence electrons. The molecule has 2 aliphatic heterocycles. The zero-order valence-corrected chi connectivity index (χ0v) is 16.1. The maximum Gasteiger partial charge on any atom is 0.328 e. The second-order valence-electron chi connectivity index (χ2n) is 6.86. The van der Waals surface area contributed by atoms with Gasteiger partial charge in [-0.2, -0.15) is 0 Å². The van der Waals surface area contributed by atoms with E-state index in [4.69, 9.17) is 16.3 Å². The Labute approximate surface area is 167 Å². The maximum absolute atomic E-state index is 12.9. The first kappa shape index (κ1) is 20.3. The van der Waals surface area contributed by atoms with E-state index in [0.717, 1.165) is 19.1 Å². The lowest BCUT2D eigenvalue weighted by molar-refractivity contribution is -0.120. The minimum Gasteiger partial charge on any atom is -0.374 e. The first-order chi connectivity index (χ1) is 13.5. The van der Waals surface area contributed by atoms with Gasteiger partial charge in [0.25, 0.3) is 5.91 Å². The van der Waals surface area contributed by atoms with Crippen molar-refractivity contribution in [2.75, 3.05) is 37.7 Å². The fourth-order valence-corrected chi connectivity index (χ4v) is 3.63. The van der Waals surface area contributed by atoms with Gasteiger partial charge in [0.15, 0.2) is 0 Å². The Morgan fingerprint density at radius 1 is 1.25 bits per heavy atom. The number of hydrogen-bond acceptors (Lipinski definition) is 5. The number of aldehydes is 1. The molecule has 0 radical (unpaired) electrons. The lowest BCUT2D eigenvalue weighted by atomic mass is 9.97. The number of ether oxygens (including phenoxy) is 1. The molecule has 4 amide bonds. The molecular formula is C19H22ClN3O5. The van der Waals surface area contributed by atoms with E-state index in [0.29, 0.717) is 41.9 Å². The first-order valence-corrected chi connectivity index (χ1v) is 9.59. The molecule has 1 aromatic rings. The first-order valence-electron chi connectivity index (χ1n) is 9.21. The normalized spacial score (nSPS) is 18.2. The lowest BCUT2D eigenvalue weighted by Gasteiger charge is -2.32. The van der Waals surface area contributed by atoms with Crippen molar-refractivity contribution in [1.29, 1.82) is 0 Å². The number of urea groups is 1. The van der Waals surface area contributed by atoms with Crippen molar-refractivity contribution in [3.05, 3.63) is 28.8 Å². The SMILES string of the molecule is O=CCOCC1CCN(C(=O)c2ccc(Cl)c(N3CCC(=O)NC3=O)c2)CC1. The van der Waals surface area contributed by atoms with Crippen molar-refractivity contribution in [3.8, 4) is 0 Å². The van der Waals surface area contributed by atoms with E-state index in [1.54, 1.807) is 23.1 Å². The Morgan fingerprint density at radius 2 is 2.00 bits per heavy atom. The van der Waals surface area contributed by atoms with Crippen molar-refractivity contribution < 1.29 is 23.9 Å². The number of anilines is 1. The molecular weight excluding hydrogens is 386 g/mol. The number of amides is 4. The van der Waals surface area contributed by atoms with Crippen molar-refractivity contribution in [1.82, 2.24) is 10.2 Å². The molecule has 0 bridgehead atoms. The predicted octanol–water partition coefficient (Wildman–Crippen LogP) is 1.85. The molecule has 0 unspecified atom stereocenters. The standard InChI is InChI=1S/C19H22ClN3O5/c20-15-2-1-14(11-16(15)23-8-5-17(25)21-19(23)27)18(26)22-6-3-13(4-7-22)12-28-10-9-24/h1-2,9,11,13H,3-8,10,12H2,(H,21,25,27). The number of likely N-dealkylation sites (tertiary alicyclic amines) is 1. The van der Waals surface area contributed by atoms with Crippen LogP contribution in [0.5, 0.6) is 0 Å². The number of halogens is 1. The number of rotatable bonds is 6. The van der Waals surface area contributed by atoms with Crippen molar-refractivity contribution in [3.63, 3.8) is 0 Å². The number of carbonyl (C=O) groups is 4. The van der Waals surface area contributed by atoms with Crippen LogP contribution in [-0.2, 0) is 14.3 Å². The van der Waals surface area contributed by atoms with Gasteiger partial charge in [0.05, 0.1) is 17.3 Å². The van der Waals surface area contributed by atoms with E-state index in [-0.39, 0.29) is 31.4 Å². The van der Waals surface area contributed by atoms with E-state index in [2.05, 4.69) is 5.32 Å². The van der Waals surface area contributed by atoms with Crippen molar-refractivity contribution in [2.24, 2.45) is 5.92 Å². The molecule has 28 heavy (non-hydrogen) atoms.